The van der Waals surface area contributed by atoms with E-state index in [0.717, 1.165) is 0 Å². The van der Waals surface area contributed by atoms with Gasteiger partial charge in [0, 0.05) is 11.8 Å². The van der Waals surface area contributed by atoms with E-state index < -0.39 is 5.91 Å². The average molecular weight is 317 g/mol. The molecular formula is C13H8Cl3NO2. The zero-order chi connectivity index (χ0) is 14.0. The minimum atomic E-state index is -0.422. The number of hydrogen-bond donors (Lipinski definition) is 2. The van der Waals surface area contributed by atoms with Crippen molar-refractivity contribution < 1.29 is 9.90 Å². The minimum Gasteiger partial charge on any atom is -0.506 e. The zero-order valence-electron chi connectivity index (χ0n) is 9.45. The summed E-state index contributed by atoms with van der Waals surface area (Å²) >= 11 is 17.5. The van der Waals surface area contributed by atoms with E-state index in [9.17, 15) is 9.90 Å². The molecule has 0 unspecified atom stereocenters. The van der Waals surface area contributed by atoms with E-state index in [-0.39, 0.29) is 21.4 Å². The summed E-state index contributed by atoms with van der Waals surface area (Å²) in [6.45, 7) is 0. The highest BCUT2D eigenvalue weighted by atomic mass is 35.5. The van der Waals surface area contributed by atoms with Crippen LogP contribution in [-0.4, -0.2) is 11.0 Å². The molecule has 0 aliphatic heterocycles. The smallest absolute Gasteiger partial charge is 0.257 e. The highest BCUT2D eigenvalue weighted by Crippen LogP contribution is 2.28. The van der Waals surface area contributed by atoms with Crippen LogP contribution in [0.1, 0.15) is 10.4 Å². The zero-order valence-corrected chi connectivity index (χ0v) is 11.7. The summed E-state index contributed by atoms with van der Waals surface area (Å²) in [6, 6.07) is 9.17. The Labute approximate surface area is 124 Å². The average Bonchev–Trinajstić information content (AvgIpc) is 2.37. The van der Waals surface area contributed by atoms with Gasteiger partial charge in [0.25, 0.3) is 5.91 Å². The first-order valence-electron chi connectivity index (χ1n) is 5.23. The van der Waals surface area contributed by atoms with Gasteiger partial charge in [-0.25, -0.2) is 0 Å². The van der Waals surface area contributed by atoms with Crippen LogP contribution in [0, 0.1) is 0 Å². The lowest BCUT2D eigenvalue weighted by Gasteiger charge is -2.08. The number of rotatable bonds is 2. The first kappa shape index (κ1) is 14.0. The van der Waals surface area contributed by atoms with Gasteiger partial charge in [0.15, 0.2) is 0 Å². The molecule has 0 atom stereocenters. The van der Waals surface area contributed by atoms with Crippen LogP contribution in [0.3, 0.4) is 0 Å². The van der Waals surface area contributed by atoms with Crippen molar-refractivity contribution in [2.75, 3.05) is 5.32 Å². The third-order valence-corrected chi connectivity index (χ3v) is 3.54. The molecule has 0 aromatic heterocycles. The van der Waals surface area contributed by atoms with Crippen molar-refractivity contribution in [2.24, 2.45) is 0 Å². The molecule has 0 bridgehead atoms. The number of phenolic OH excluding ortho intramolecular Hbond substituents is 1. The number of nitrogens with one attached hydrogen (secondary N) is 1. The van der Waals surface area contributed by atoms with Crippen molar-refractivity contribution in [3.63, 3.8) is 0 Å². The Morgan fingerprint density at radius 3 is 2.47 bits per heavy atom. The van der Waals surface area contributed by atoms with Gasteiger partial charge in [-0.05, 0) is 24.3 Å². The Morgan fingerprint density at radius 1 is 1.05 bits per heavy atom. The highest BCUT2D eigenvalue weighted by molar-refractivity contribution is 6.44. The molecule has 0 heterocycles. The largest absolute Gasteiger partial charge is 0.506 e. The fourth-order valence-corrected chi connectivity index (χ4v) is 1.97. The number of hydrogen-bond acceptors (Lipinski definition) is 2. The summed E-state index contributed by atoms with van der Waals surface area (Å²) in [5.41, 5.74) is 0.659. The molecule has 2 rings (SSSR count). The van der Waals surface area contributed by atoms with Crippen molar-refractivity contribution >= 4 is 46.4 Å². The van der Waals surface area contributed by atoms with Gasteiger partial charge in [-0.2, -0.15) is 0 Å². The predicted octanol–water partition coefficient (Wildman–Crippen LogP) is 4.60. The van der Waals surface area contributed by atoms with E-state index in [1.165, 1.54) is 12.1 Å². The van der Waals surface area contributed by atoms with Gasteiger partial charge in [0.1, 0.15) is 5.75 Å². The standard InChI is InChI=1S/C13H8Cl3NO2/c14-9-5-4-7(6-11(9)18)17-13(19)8-2-1-3-10(15)12(8)16/h1-6,18H,(H,17,19). The monoisotopic (exact) mass is 315 g/mol. The van der Waals surface area contributed by atoms with E-state index in [4.69, 9.17) is 34.8 Å². The van der Waals surface area contributed by atoms with E-state index in [1.807, 2.05) is 0 Å². The van der Waals surface area contributed by atoms with E-state index in [2.05, 4.69) is 5.32 Å². The molecule has 0 aliphatic rings. The van der Waals surface area contributed by atoms with Crippen molar-refractivity contribution in [1.82, 2.24) is 0 Å². The Bertz CT molecular complexity index is 644. The van der Waals surface area contributed by atoms with Crippen LogP contribution < -0.4 is 5.32 Å². The number of carbonyl (C=O) groups is 1. The number of amides is 1. The molecule has 0 saturated carbocycles. The molecule has 6 heteroatoms. The number of carbonyl (C=O) groups excluding carboxylic acids is 1. The first-order chi connectivity index (χ1) is 8.99. The van der Waals surface area contributed by atoms with Gasteiger partial charge in [-0.1, -0.05) is 40.9 Å². The summed E-state index contributed by atoms with van der Waals surface area (Å²) in [7, 11) is 0. The van der Waals surface area contributed by atoms with Crippen molar-refractivity contribution in [3.8, 4) is 5.75 Å². The van der Waals surface area contributed by atoms with Crippen LogP contribution in [0.15, 0.2) is 36.4 Å². The van der Waals surface area contributed by atoms with Crippen molar-refractivity contribution in [1.29, 1.82) is 0 Å². The molecule has 3 nitrogen and oxygen atoms in total. The predicted molar refractivity (Wildman–Crippen MR) is 77.5 cm³/mol. The fourth-order valence-electron chi connectivity index (χ4n) is 1.47. The number of phenols is 1. The Kier molecular flexibility index (Phi) is 4.20. The van der Waals surface area contributed by atoms with Crippen LogP contribution in [-0.2, 0) is 0 Å². The summed E-state index contributed by atoms with van der Waals surface area (Å²) in [6.07, 6.45) is 0. The van der Waals surface area contributed by atoms with Crippen LogP contribution in [0.5, 0.6) is 5.75 Å². The quantitative estimate of drug-likeness (QED) is 0.850. The minimum absolute atomic E-state index is 0.114. The van der Waals surface area contributed by atoms with Gasteiger partial charge in [0.2, 0.25) is 0 Å². The third kappa shape index (κ3) is 3.13. The Morgan fingerprint density at radius 2 is 1.79 bits per heavy atom. The second kappa shape index (κ2) is 5.70. The molecule has 1 amide bonds. The van der Waals surface area contributed by atoms with Gasteiger partial charge < -0.3 is 10.4 Å². The fraction of sp³-hybridized carbons (Fsp3) is 0. The first-order valence-corrected chi connectivity index (χ1v) is 6.36. The van der Waals surface area contributed by atoms with Crippen molar-refractivity contribution in [2.45, 2.75) is 0 Å². The Hall–Kier alpha value is -1.42. The van der Waals surface area contributed by atoms with Gasteiger partial charge in [0.05, 0.1) is 20.6 Å². The maximum atomic E-state index is 12.0. The van der Waals surface area contributed by atoms with Crippen LogP contribution in [0.25, 0.3) is 0 Å². The molecule has 19 heavy (non-hydrogen) atoms. The number of benzene rings is 2. The molecule has 0 fully saturated rings. The molecule has 2 aromatic rings. The molecule has 98 valence electrons. The number of aromatic hydroxyl groups is 1. The molecule has 0 saturated heterocycles. The molecule has 2 aromatic carbocycles. The van der Waals surface area contributed by atoms with E-state index in [0.29, 0.717) is 10.7 Å². The van der Waals surface area contributed by atoms with E-state index >= 15 is 0 Å². The lowest BCUT2D eigenvalue weighted by atomic mass is 10.2. The normalized spacial score (nSPS) is 10.3. The molecule has 0 aliphatic carbocycles. The summed E-state index contributed by atoms with van der Waals surface area (Å²) < 4.78 is 0. The Balaban J connectivity index is 2.26. The van der Waals surface area contributed by atoms with Crippen molar-refractivity contribution in [3.05, 3.63) is 57.0 Å². The van der Waals surface area contributed by atoms with Gasteiger partial charge in [-0.15, -0.1) is 0 Å². The highest BCUT2D eigenvalue weighted by Gasteiger charge is 2.13. The lowest BCUT2D eigenvalue weighted by Crippen LogP contribution is -2.12. The summed E-state index contributed by atoms with van der Waals surface area (Å²) in [5, 5.41) is 12.7. The maximum absolute atomic E-state index is 12.0. The molecule has 2 N–H and O–H groups in total. The number of anilines is 1. The second-order valence-electron chi connectivity index (χ2n) is 3.72. The van der Waals surface area contributed by atoms with E-state index in [1.54, 1.807) is 24.3 Å². The third-order valence-electron chi connectivity index (χ3n) is 2.40. The number of halogens is 3. The SMILES string of the molecule is O=C(Nc1ccc(Cl)c(O)c1)c1cccc(Cl)c1Cl. The summed E-state index contributed by atoms with van der Waals surface area (Å²) in [4.78, 5) is 12.0. The summed E-state index contributed by atoms with van der Waals surface area (Å²) in [5.74, 6) is -0.536. The second-order valence-corrected chi connectivity index (χ2v) is 4.91. The van der Waals surface area contributed by atoms with Crippen LogP contribution >= 0.6 is 34.8 Å². The topological polar surface area (TPSA) is 49.3 Å². The molecule has 0 radical (unpaired) electrons. The molecule has 0 spiro atoms. The van der Waals surface area contributed by atoms with Gasteiger partial charge >= 0.3 is 0 Å². The van der Waals surface area contributed by atoms with Crippen LogP contribution in [0.4, 0.5) is 5.69 Å². The van der Waals surface area contributed by atoms with Gasteiger partial charge in [-0.3, -0.25) is 4.79 Å². The molecular weight excluding hydrogens is 309 g/mol. The lowest BCUT2D eigenvalue weighted by molar-refractivity contribution is 0.102. The van der Waals surface area contributed by atoms with Crippen LogP contribution in [0.2, 0.25) is 15.1 Å². The maximum Gasteiger partial charge on any atom is 0.257 e.